The van der Waals surface area contributed by atoms with Crippen LogP contribution in [0, 0.1) is 25.2 Å². The summed E-state index contributed by atoms with van der Waals surface area (Å²) in [6, 6.07) is 12.1. The number of benzene rings is 2. The number of esters is 1. The van der Waals surface area contributed by atoms with Crippen molar-refractivity contribution < 1.29 is 19.1 Å². The first-order chi connectivity index (χ1) is 12.4. The topological polar surface area (TPSA) is 88.4 Å². The Labute approximate surface area is 156 Å². The van der Waals surface area contributed by atoms with E-state index in [1.165, 1.54) is 12.1 Å². The van der Waals surface area contributed by atoms with Crippen LogP contribution in [0.2, 0.25) is 5.02 Å². The van der Waals surface area contributed by atoms with Crippen LogP contribution in [-0.2, 0) is 14.3 Å². The molecule has 0 saturated heterocycles. The van der Waals surface area contributed by atoms with Crippen molar-refractivity contribution in [3.8, 4) is 11.8 Å². The molecule has 134 valence electrons. The van der Waals surface area contributed by atoms with E-state index in [1.54, 1.807) is 6.07 Å². The van der Waals surface area contributed by atoms with Crippen molar-refractivity contribution in [1.29, 1.82) is 5.26 Å². The van der Waals surface area contributed by atoms with E-state index in [1.807, 2.05) is 38.1 Å². The molecule has 0 heterocycles. The van der Waals surface area contributed by atoms with E-state index >= 15 is 0 Å². The normalized spacial score (nSPS) is 9.92. The molecule has 0 aliphatic carbocycles. The maximum absolute atomic E-state index is 11.9. The fraction of sp³-hybridized carbons (Fsp3) is 0.211. The van der Waals surface area contributed by atoms with Crippen LogP contribution in [-0.4, -0.2) is 25.1 Å². The number of nitriles is 1. The lowest BCUT2D eigenvalue weighted by Gasteiger charge is -2.12. The Balaban J connectivity index is 1.85. The van der Waals surface area contributed by atoms with Crippen LogP contribution in [0.1, 0.15) is 16.7 Å². The van der Waals surface area contributed by atoms with Gasteiger partial charge in [0.1, 0.15) is 11.8 Å². The fourth-order valence-corrected chi connectivity index (χ4v) is 2.42. The molecule has 2 aromatic rings. The van der Waals surface area contributed by atoms with Gasteiger partial charge >= 0.3 is 5.97 Å². The summed E-state index contributed by atoms with van der Waals surface area (Å²) in [4.78, 5) is 23.7. The minimum Gasteiger partial charge on any atom is -0.481 e. The molecule has 0 atom stereocenters. The Bertz CT molecular complexity index is 854. The fourth-order valence-electron chi connectivity index (χ4n) is 2.25. The molecule has 0 spiro atoms. The zero-order valence-electron chi connectivity index (χ0n) is 14.3. The second kappa shape index (κ2) is 8.88. The number of rotatable bonds is 6. The van der Waals surface area contributed by atoms with Crippen LogP contribution in [0.4, 0.5) is 5.69 Å². The Morgan fingerprint density at radius 2 is 1.85 bits per heavy atom. The first kappa shape index (κ1) is 19.3. The molecule has 7 heteroatoms. The average molecular weight is 373 g/mol. The average Bonchev–Trinajstić information content (AvgIpc) is 2.60. The Hall–Kier alpha value is -3.04. The lowest BCUT2D eigenvalue weighted by molar-refractivity contribution is -0.149. The highest BCUT2D eigenvalue weighted by atomic mass is 35.5. The van der Waals surface area contributed by atoms with Crippen LogP contribution in [0.15, 0.2) is 36.4 Å². The molecule has 0 saturated carbocycles. The second-order valence-electron chi connectivity index (χ2n) is 5.52. The van der Waals surface area contributed by atoms with E-state index in [0.717, 1.165) is 11.1 Å². The van der Waals surface area contributed by atoms with Gasteiger partial charge in [0.25, 0.3) is 5.91 Å². The summed E-state index contributed by atoms with van der Waals surface area (Å²) in [7, 11) is 0. The smallest absolute Gasteiger partial charge is 0.344 e. The van der Waals surface area contributed by atoms with E-state index < -0.39 is 18.5 Å². The van der Waals surface area contributed by atoms with Crippen LogP contribution in [0.5, 0.6) is 5.75 Å². The number of anilines is 1. The van der Waals surface area contributed by atoms with Gasteiger partial charge < -0.3 is 14.8 Å². The third-order valence-electron chi connectivity index (χ3n) is 3.48. The van der Waals surface area contributed by atoms with Gasteiger partial charge in [-0.3, -0.25) is 4.79 Å². The van der Waals surface area contributed by atoms with Gasteiger partial charge in [-0.25, -0.2) is 4.79 Å². The maximum Gasteiger partial charge on any atom is 0.344 e. The van der Waals surface area contributed by atoms with Crippen LogP contribution >= 0.6 is 11.6 Å². The van der Waals surface area contributed by atoms with Crippen molar-refractivity contribution in [3.05, 3.63) is 58.1 Å². The third kappa shape index (κ3) is 5.23. The molecule has 6 nitrogen and oxygen atoms in total. The Morgan fingerprint density at radius 3 is 2.50 bits per heavy atom. The Morgan fingerprint density at radius 1 is 1.15 bits per heavy atom. The number of carbonyl (C=O) groups is 2. The van der Waals surface area contributed by atoms with Gasteiger partial charge in [-0.05, 0) is 43.2 Å². The van der Waals surface area contributed by atoms with Crippen LogP contribution in [0.25, 0.3) is 0 Å². The SMILES string of the molecule is Cc1cccc(C)c1OCC(=O)OCC(=O)Nc1cc(Cl)ccc1C#N. The summed E-state index contributed by atoms with van der Waals surface area (Å²) in [5.41, 5.74) is 2.32. The molecule has 0 aromatic heterocycles. The summed E-state index contributed by atoms with van der Waals surface area (Å²) < 4.78 is 10.4. The summed E-state index contributed by atoms with van der Waals surface area (Å²) in [6.45, 7) is 2.95. The van der Waals surface area contributed by atoms with E-state index in [2.05, 4.69) is 5.32 Å². The molecule has 0 aliphatic heterocycles. The number of nitrogens with one attached hydrogen (secondary N) is 1. The number of para-hydroxylation sites is 1. The third-order valence-corrected chi connectivity index (χ3v) is 3.72. The number of carbonyl (C=O) groups excluding carboxylic acids is 2. The largest absolute Gasteiger partial charge is 0.481 e. The van der Waals surface area contributed by atoms with Crippen molar-refractivity contribution in [2.24, 2.45) is 0 Å². The molecule has 1 amide bonds. The van der Waals surface area contributed by atoms with Gasteiger partial charge in [-0.1, -0.05) is 29.8 Å². The first-order valence-corrected chi connectivity index (χ1v) is 8.12. The van der Waals surface area contributed by atoms with Crippen molar-refractivity contribution in [1.82, 2.24) is 0 Å². The predicted molar refractivity (Wildman–Crippen MR) is 97.2 cm³/mol. The highest BCUT2D eigenvalue weighted by Gasteiger charge is 2.12. The molecule has 0 unspecified atom stereocenters. The maximum atomic E-state index is 11.9. The van der Waals surface area contributed by atoms with E-state index in [4.69, 9.17) is 26.3 Å². The van der Waals surface area contributed by atoms with Gasteiger partial charge in [0.05, 0.1) is 11.3 Å². The van der Waals surface area contributed by atoms with Gasteiger partial charge in [-0.2, -0.15) is 5.26 Å². The monoisotopic (exact) mass is 372 g/mol. The zero-order valence-corrected chi connectivity index (χ0v) is 15.1. The number of ether oxygens (including phenoxy) is 2. The molecule has 0 bridgehead atoms. The number of amides is 1. The quantitative estimate of drug-likeness (QED) is 0.785. The molecule has 0 fully saturated rings. The standard InChI is InChI=1S/C19H17ClN2O4/c1-12-4-3-5-13(2)19(12)26-11-18(24)25-10-17(23)22-16-8-15(20)7-6-14(16)9-21/h3-8H,10-11H2,1-2H3,(H,22,23). The highest BCUT2D eigenvalue weighted by molar-refractivity contribution is 6.31. The van der Waals surface area contributed by atoms with Crippen LogP contribution in [0.3, 0.4) is 0 Å². The van der Waals surface area contributed by atoms with E-state index in [9.17, 15) is 9.59 Å². The van der Waals surface area contributed by atoms with Gasteiger partial charge in [-0.15, -0.1) is 0 Å². The van der Waals surface area contributed by atoms with Gasteiger partial charge in [0.15, 0.2) is 13.2 Å². The van der Waals surface area contributed by atoms with E-state index in [0.29, 0.717) is 10.8 Å². The minimum atomic E-state index is -0.672. The summed E-state index contributed by atoms with van der Waals surface area (Å²) >= 11 is 5.85. The molecule has 0 aliphatic rings. The molecule has 1 N–H and O–H groups in total. The predicted octanol–water partition coefficient (Wildman–Crippen LogP) is 3.39. The van der Waals surface area contributed by atoms with Gasteiger partial charge in [0.2, 0.25) is 0 Å². The lowest BCUT2D eigenvalue weighted by Crippen LogP contribution is -2.24. The van der Waals surface area contributed by atoms with E-state index in [-0.39, 0.29) is 17.9 Å². The summed E-state index contributed by atoms with van der Waals surface area (Å²) in [6.07, 6.45) is 0. The lowest BCUT2D eigenvalue weighted by atomic mass is 10.1. The van der Waals surface area contributed by atoms with Crippen LogP contribution < -0.4 is 10.1 Å². The van der Waals surface area contributed by atoms with Crippen molar-refractivity contribution in [2.75, 3.05) is 18.5 Å². The van der Waals surface area contributed by atoms with Gasteiger partial charge in [0, 0.05) is 5.02 Å². The summed E-state index contributed by atoms with van der Waals surface area (Å²) in [5.74, 6) is -0.634. The number of aryl methyl sites for hydroxylation is 2. The number of halogens is 1. The van der Waals surface area contributed by atoms with Crippen molar-refractivity contribution in [3.63, 3.8) is 0 Å². The molecular formula is C19H17ClN2O4. The summed E-state index contributed by atoms with van der Waals surface area (Å²) in [5, 5.41) is 11.9. The molecular weight excluding hydrogens is 356 g/mol. The van der Waals surface area contributed by atoms with Crippen molar-refractivity contribution in [2.45, 2.75) is 13.8 Å². The zero-order chi connectivity index (χ0) is 19.1. The van der Waals surface area contributed by atoms with Crippen molar-refractivity contribution >= 4 is 29.2 Å². The first-order valence-electron chi connectivity index (χ1n) is 7.75. The molecule has 2 rings (SSSR count). The molecule has 0 radical (unpaired) electrons. The molecule has 26 heavy (non-hydrogen) atoms. The number of nitrogens with zero attached hydrogens (tertiary/aromatic N) is 1. The highest BCUT2D eigenvalue weighted by Crippen LogP contribution is 2.22. The molecule has 2 aromatic carbocycles. The Kier molecular flexibility index (Phi) is 6.59. The minimum absolute atomic E-state index is 0.257. The second-order valence-corrected chi connectivity index (χ2v) is 5.96. The number of hydrogen-bond donors (Lipinski definition) is 1. The number of hydrogen-bond acceptors (Lipinski definition) is 5.